The van der Waals surface area contributed by atoms with E-state index in [1.54, 1.807) is 0 Å². The SMILES string of the molecule is Cc1nc(C(C)(C(=O)O)C(=O)O)c([N+](=O)[O-])c(C)c1Br. The van der Waals surface area contributed by atoms with Crippen molar-refractivity contribution in [2.24, 2.45) is 0 Å². The molecule has 0 saturated heterocycles. The number of aryl methyl sites for hydroxylation is 1. The summed E-state index contributed by atoms with van der Waals surface area (Å²) in [7, 11) is 0. The molecule has 8 nitrogen and oxygen atoms in total. The minimum Gasteiger partial charge on any atom is -0.480 e. The van der Waals surface area contributed by atoms with Crippen molar-refractivity contribution in [3.05, 3.63) is 31.5 Å². The molecule has 0 aliphatic rings. The number of pyridine rings is 1. The first-order valence-corrected chi connectivity index (χ1v) is 6.12. The Morgan fingerprint density at radius 3 is 2.10 bits per heavy atom. The predicted octanol–water partition coefficient (Wildman–Crippen LogP) is 1.80. The van der Waals surface area contributed by atoms with Gasteiger partial charge < -0.3 is 10.2 Å². The number of nitrogens with zero attached hydrogens (tertiary/aromatic N) is 2. The van der Waals surface area contributed by atoms with Crippen molar-refractivity contribution in [2.45, 2.75) is 26.2 Å². The highest BCUT2D eigenvalue weighted by Gasteiger charge is 2.50. The van der Waals surface area contributed by atoms with E-state index in [2.05, 4.69) is 20.9 Å². The summed E-state index contributed by atoms with van der Waals surface area (Å²) in [6.07, 6.45) is 0. The molecular weight excluding hydrogens is 336 g/mol. The summed E-state index contributed by atoms with van der Waals surface area (Å²) in [4.78, 5) is 36.7. The van der Waals surface area contributed by atoms with Crippen molar-refractivity contribution in [2.75, 3.05) is 0 Å². The topological polar surface area (TPSA) is 131 Å². The number of aromatic nitrogens is 1. The van der Waals surface area contributed by atoms with Crippen molar-refractivity contribution in [3.8, 4) is 0 Å². The molecule has 0 bridgehead atoms. The summed E-state index contributed by atoms with van der Waals surface area (Å²) in [5.41, 5.74) is -3.31. The van der Waals surface area contributed by atoms with E-state index in [4.69, 9.17) is 10.2 Å². The van der Waals surface area contributed by atoms with Crippen LogP contribution in [-0.2, 0) is 15.0 Å². The summed E-state index contributed by atoms with van der Waals surface area (Å²) in [6.45, 7) is 3.76. The molecule has 0 spiro atoms. The molecule has 1 aromatic rings. The Morgan fingerprint density at radius 2 is 1.75 bits per heavy atom. The van der Waals surface area contributed by atoms with E-state index in [0.29, 0.717) is 4.47 Å². The van der Waals surface area contributed by atoms with Crippen LogP contribution in [0, 0.1) is 24.0 Å². The van der Waals surface area contributed by atoms with Crippen LogP contribution in [0.1, 0.15) is 23.9 Å². The Kier molecular flexibility index (Phi) is 4.13. The molecule has 0 atom stereocenters. The first kappa shape index (κ1) is 16.0. The van der Waals surface area contributed by atoms with Crippen molar-refractivity contribution in [1.82, 2.24) is 4.98 Å². The van der Waals surface area contributed by atoms with E-state index in [-0.39, 0.29) is 11.3 Å². The maximum Gasteiger partial charge on any atom is 0.327 e. The highest BCUT2D eigenvalue weighted by Crippen LogP contribution is 2.37. The second kappa shape index (κ2) is 5.16. The summed E-state index contributed by atoms with van der Waals surface area (Å²) in [5, 5.41) is 29.5. The maximum absolute atomic E-state index is 11.3. The number of hydrogen-bond donors (Lipinski definition) is 2. The van der Waals surface area contributed by atoms with Crippen molar-refractivity contribution in [1.29, 1.82) is 0 Å². The zero-order chi connectivity index (χ0) is 15.8. The molecule has 20 heavy (non-hydrogen) atoms. The van der Waals surface area contributed by atoms with Crippen LogP contribution in [0.3, 0.4) is 0 Å². The lowest BCUT2D eigenvalue weighted by Crippen LogP contribution is -2.42. The van der Waals surface area contributed by atoms with Crippen LogP contribution in [0.15, 0.2) is 4.47 Å². The zero-order valence-corrected chi connectivity index (χ0v) is 12.4. The lowest BCUT2D eigenvalue weighted by atomic mass is 9.84. The fourth-order valence-corrected chi connectivity index (χ4v) is 1.97. The fraction of sp³-hybridized carbons (Fsp3) is 0.364. The van der Waals surface area contributed by atoms with Crippen molar-refractivity contribution in [3.63, 3.8) is 0 Å². The Hall–Kier alpha value is -2.03. The van der Waals surface area contributed by atoms with Gasteiger partial charge >= 0.3 is 11.9 Å². The standard InChI is InChI=1S/C11H11BrN2O6/c1-4-6(12)5(2)13-8(7(4)14(19)20)11(3,9(15)16)10(17)18/h1-3H3,(H,15,16)(H,17,18). The normalized spacial score (nSPS) is 11.2. The van der Waals surface area contributed by atoms with Crippen LogP contribution >= 0.6 is 15.9 Å². The van der Waals surface area contributed by atoms with Gasteiger partial charge in [-0.1, -0.05) is 0 Å². The summed E-state index contributed by atoms with van der Waals surface area (Å²) >= 11 is 3.11. The van der Waals surface area contributed by atoms with E-state index in [1.807, 2.05) is 0 Å². The van der Waals surface area contributed by atoms with Crippen LogP contribution in [0.25, 0.3) is 0 Å². The first-order valence-electron chi connectivity index (χ1n) is 5.33. The van der Waals surface area contributed by atoms with Crippen LogP contribution in [0.5, 0.6) is 0 Å². The van der Waals surface area contributed by atoms with Gasteiger partial charge in [-0.25, -0.2) is 4.98 Å². The van der Waals surface area contributed by atoms with Crippen LogP contribution in [0.2, 0.25) is 0 Å². The molecule has 1 aromatic heterocycles. The molecular formula is C11H11BrN2O6. The van der Waals surface area contributed by atoms with Crippen molar-refractivity contribution >= 4 is 33.6 Å². The molecule has 0 fully saturated rings. The number of rotatable bonds is 4. The number of carbonyl (C=O) groups is 2. The average molecular weight is 347 g/mol. The van der Waals surface area contributed by atoms with Crippen LogP contribution in [-0.4, -0.2) is 32.1 Å². The fourth-order valence-electron chi connectivity index (χ4n) is 1.69. The molecule has 0 unspecified atom stereocenters. The number of aliphatic carboxylic acids is 2. The lowest BCUT2D eigenvalue weighted by molar-refractivity contribution is -0.386. The molecule has 108 valence electrons. The largest absolute Gasteiger partial charge is 0.480 e. The van der Waals surface area contributed by atoms with E-state index >= 15 is 0 Å². The van der Waals surface area contributed by atoms with Gasteiger partial charge in [0.05, 0.1) is 10.6 Å². The van der Waals surface area contributed by atoms with Gasteiger partial charge in [0, 0.05) is 10.0 Å². The summed E-state index contributed by atoms with van der Waals surface area (Å²) < 4.78 is 0.339. The van der Waals surface area contributed by atoms with Gasteiger partial charge in [-0.15, -0.1) is 0 Å². The molecule has 0 radical (unpaired) electrons. The smallest absolute Gasteiger partial charge is 0.327 e. The average Bonchev–Trinajstić information content (AvgIpc) is 2.33. The lowest BCUT2D eigenvalue weighted by Gasteiger charge is -2.20. The molecule has 0 saturated carbocycles. The molecule has 0 aliphatic carbocycles. The molecule has 0 amide bonds. The zero-order valence-electron chi connectivity index (χ0n) is 10.8. The first-order chi connectivity index (χ1) is 9.05. The van der Waals surface area contributed by atoms with E-state index in [9.17, 15) is 19.7 Å². The maximum atomic E-state index is 11.3. The molecule has 1 heterocycles. The van der Waals surface area contributed by atoms with Crippen LogP contribution in [0.4, 0.5) is 5.69 Å². The number of nitro groups is 1. The highest BCUT2D eigenvalue weighted by molar-refractivity contribution is 9.10. The Balaban J connectivity index is 3.89. The Bertz CT molecular complexity index is 614. The molecule has 0 aliphatic heterocycles. The van der Waals surface area contributed by atoms with Gasteiger partial charge in [0.15, 0.2) is 0 Å². The van der Waals surface area contributed by atoms with E-state index < -0.39 is 33.7 Å². The Labute approximate surface area is 121 Å². The van der Waals surface area contributed by atoms with Gasteiger partial charge in [-0.05, 0) is 36.7 Å². The summed E-state index contributed by atoms with van der Waals surface area (Å²) in [5.74, 6) is -3.44. The van der Waals surface area contributed by atoms with Gasteiger partial charge in [-0.2, -0.15) is 0 Å². The van der Waals surface area contributed by atoms with Gasteiger partial charge in [0.2, 0.25) is 5.41 Å². The van der Waals surface area contributed by atoms with Gasteiger partial charge in [-0.3, -0.25) is 19.7 Å². The number of halogens is 1. The summed E-state index contributed by atoms with van der Waals surface area (Å²) in [6, 6.07) is 0. The highest BCUT2D eigenvalue weighted by atomic mass is 79.9. The molecule has 0 aromatic carbocycles. The van der Waals surface area contributed by atoms with E-state index in [1.165, 1.54) is 13.8 Å². The van der Waals surface area contributed by atoms with Crippen LogP contribution < -0.4 is 0 Å². The molecule has 1 rings (SSSR count). The Morgan fingerprint density at radius 1 is 1.30 bits per heavy atom. The predicted molar refractivity (Wildman–Crippen MR) is 70.7 cm³/mol. The molecule has 9 heteroatoms. The minimum absolute atomic E-state index is 0.131. The van der Waals surface area contributed by atoms with Crippen molar-refractivity contribution < 1.29 is 24.7 Å². The quantitative estimate of drug-likeness (QED) is 0.482. The second-order valence-corrected chi connectivity index (χ2v) is 5.12. The number of carboxylic acids is 2. The monoisotopic (exact) mass is 346 g/mol. The van der Waals surface area contributed by atoms with E-state index in [0.717, 1.165) is 6.92 Å². The third kappa shape index (κ3) is 2.24. The third-order valence-corrected chi connectivity index (χ3v) is 4.19. The number of carboxylic acid groups (broad SMARTS) is 2. The number of hydrogen-bond acceptors (Lipinski definition) is 5. The van der Waals surface area contributed by atoms with Gasteiger partial charge in [0.25, 0.3) is 5.69 Å². The minimum atomic E-state index is -2.50. The second-order valence-electron chi connectivity index (χ2n) is 4.33. The third-order valence-electron chi connectivity index (χ3n) is 3.02. The van der Waals surface area contributed by atoms with Gasteiger partial charge in [0.1, 0.15) is 5.69 Å². The molecule has 2 N–H and O–H groups in total.